The number of rotatable bonds is 5. The van der Waals surface area contributed by atoms with Gasteiger partial charge in [0, 0.05) is 23.4 Å². The Morgan fingerprint density at radius 2 is 1.88 bits per heavy atom. The van der Waals surface area contributed by atoms with Crippen LogP contribution in [0.5, 0.6) is 11.5 Å². The normalized spacial score (nSPS) is 14.9. The molecule has 2 aromatic carbocycles. The average molecular weight is 348 g/mol. The zero-order chi connectivity index (χ0) is 18.5. The molecule has 0 atom stereocenters. The van der Waals surface area contributed by atoms with Gasteiger partial charge in [0.1, 0.15) is 6.29 Å². The van der Waals surface area contributed by atoms with Crippen LogP contribution in [0, 0.1) is 11.3 Å². The number of methoxy groups -OCH3 is 2. The van der Waals surface area contributed by atoms with Crippen molar-refractivity contribution in [2.24, 2.45) is 0 Å². The van der Waals surface area contributed by atoms with E-state index in [0.29, 0.717) is 23.6 Å². The van der Waals surface area contributed by atoms with Crippen LogP contribution in [0.1, 0.15) is 17.5 Å². The predicted molar refractivity (Wildman–Crippen MR) is 100 cm³/mol. The first kappa shape index (κ1) is 17.6. The third-order valence-corrected chi connectivity index (χ3v) is 4.52. The van der Waals surface area contributed by atoms with Crippen LogP contribution in [-0.2, 0) is 11.2 Å². The molecule has 1 heterocycles. The summed E-state index contributed by atoms with van der Waals surface area (Å²) in [6.45, 7) is 0.713. The number of benzene rings is 2. The molecule has 132 valence electrons. The second kappa shape index (κ2) is 7.75. The van der Waals surface area contributed by atoms with Crippen molar-refractivity contribution >= 4 is 17.7 Å². The van der Waals surface area contributed by atoms with Crippen molar-refractivity contribution in [3.63, 3.8) is 0 Å². The zero-order valence-electron chi connectivity index (χ0n) is 14.9. The number of ether oxygens (including phenoxy) is 2. The summed E-state index contributed by atoms with van der Waals surface area (Å²) in [4.78, 5) is 13.9. The Balaban J connectivity index is 2.25. The molecule has 0 aromatic heterocycles. The lowest BCUT2D eigenvalue weighted by Gasteiger charge is -2.35. The highest BCUT2D eigenvalue weighted by Crippen LogP contribution is 2.40. The number of allylic oxidation sites excluding steroid dienone is 1. The Hall–Kier alpha value is -3.26. The number of fused-ring (bicyclic) bond motifs is 1. The minimum atomic E-state index is 0.0515. The molecule has 0 N–H and O–H groups in total. The molecular weight excluding hydrogens is 328 g/mol. The first-order chi connectivity index (χ1) is 12.7. The van der Waals surface area contributed by atoms with Gasteiger partial charge in [-0.3, -0.25) is 4.79 Å². The van der Waals surface area contributed by atoms with Crippen molar-refractivity contribution in [1.82, 2.24) is 0 Å². The number of para-hydroxylation sites is 1. The molecule has 26 heavy (non-hydrogen) atoms. The van der Waals surface area contributed by atoms with Gasteiger partial charge in [0.2, 0.25) is 0 Å². The van der Waals surface area contributed by atoms with Crippen molar-refractivity contribution in [1.29, 1.82) is 5.26 Å². The Morgan fingerprint density at radius 3 is 2.50 bits per heavy atom. The molecule has 0 amide bonds. The molecule has 0 radical (unpaired) electrons. The number of hydrogen-bond donors (Lipinski definition) is 0. The van der Waals surface area contributed by atoms with Crippen LogP contribution in [0.25, 0.3) is 5.70 Å². The smallest absolute Gasteiger partial charge is 0.161 e. The van der Waals surface area contributed by atoms with Gasteiger partial charge < -0.3 is 14.4 Å². The predicted octanol–water partition coefficient (Wildman–Crippen LogP) is 3.59. The van der Waals surface area contributed by atoms with Gasteiger partial charge in [0.05, 0.1) is 32.4 Å². The highest BCUT2D eigenvalue weighted by atomic mass is 16.5. The van der Waals surface area contributed by atoms with E-state index in [2.05, 4.69) is 11.0 Å². The van der Waals surface area contributed by atoms with Crippen molar-refractivity contribution in [2.75, 3.05) is 25.7 Å². The molecule has 3 rings (SSSR count). The SMILES string of the molecule is COc1cc2c(cc1OC)/C(=C(/C=O)CC#N)N(c1ccccc1)CC2. The van der Waals surface area contributed by atoms with E-state index in [1.807, 2.05) is 42.5 Å². The lowest BCUT2D eigenvalue weighted by atomic mass is 9.92. The van der Waals surface area contributed by atoms with Crippen molar-refractivity contribution < 1.29 is 14.3 Å². The van der Waals surface area contributed by atoms with Crippen LogP contribution >= 0.6 is 0 Å². The summed E-state index contributed by atoms with van der Waals surface area (Å²) < 4.78 is 10.9. The highest BCUT2D eigenvalue weighted by Gasteiger charge is 2.27. The molecule has 1 aliphatic rings. The lowest BCUT2D eigenvalue weighted by molar-refractivity contribution is -0.104. The first-order valence-corrected chi connectivity index (χ1v) is 8.36. The highest BCUT2D eigenvalue weighted by molar-refractivity contribution is 5.96. The number of anilines is 1. The molecule has 0 spiro atoms. The van der Waals surface area contributed by atoms with E-state index in [4.69, 9.17) is 9.47 Å². The maximum atomic E-state index is 11.8. The molecule has 0 fully saturated rings. The fourth-order valence-corrected chi connectivity index (χ4v) is 3.32. The van der Waals surface area contributed by atoms with Crippen molar-refractivity contribution in [3.05, 3.63) is 59.2 Å². The average Bonchev–Trinajstić information content (AvgIpc) is 2.70. The Labute approximate surface area is 153 Å². The molecule has 5 nitrogen and oxygen atoms in total. The van der Waals surface area contributed by atoms with Gasteiger partial charge in [-0.15, -0.1) is 0 Å². The Bertz CT molecular complexity index is 882. The van der Waals surface area contributed by atoms with E-state index in [-0.39, 0.29) is 6.42 Å². The summed E-state index contributed by atoms with van der Waals surface area (Å²) in [6, 6.07) is 15.8. The number of carbonyl (C=O) groups is 1. The van der Waals surface area contributed by atoms with Crippen LogP contribution in [0.4, 0.5) is 5.69 Å². The Morgan fingerprint density at radius 1 is 1.19 bits per heavy atom. The molecule has 2 aromatic rings. The van der Waals surface area contributed by atoms with Crippen molar-refractivity contribution in [3.8, 4) is 17.6 Å². The largest absolute Gasteiger partial charge is 0.493 e. The number of hydrogen-bond acceptors (Lipinski definition) is 5. The molecular formula is C21H20N2O3. The van der Waals surface area contributed by atoms with E-state index < -0.39 is 0 Å². The third-order valence-electron chi connectivity index (χ3n) is 4.52. The van der Waals surface area contributed by atoms with E-state index >= 15 is 0 Å². The van der Waals surface area contributed by atoms with Gasteiger partial charge in [0.25, 0.3) is 0 Å². The zero-order valence-corrected chi connectivity index (χ0v) is 14.9. The monoisotopic (exact) mass is 348 g/mol. The number of aldehydes is 1. The second-order valence-corrected chi connectivity index (χ2v) is 5.93. The molecule has 0 saturated heterocycles. The third kappa shape index (κ3) is 3.14. The van der Waals surface area contributed by atoms with Gasteiger partial charge in [-0.2, -0.15) is 5.26 Å². The van der Waals surface area contributed by atoms with Crippen LogP contribution in [0.2, 0.25) is 0 Å². The fraction of sp³-hybridized carbons (Fsp3) is 0.238. The second-order valence-electron chi connectivity index (χ2n) is 5.93. The minimum Gasteiger partial charge on any atom is -0.493 e. The molecule has 5 heteroatoms. The summed E-state index contributed by atoms with van der Waals surface area (Å²) in [5.74, 6) is 1.26. The molecule has 0 saturated carbocycles. The van der Waals surface area contributed by atoms with Crippen molar-refractivity contribution in [2.45, 2.75) is 12.8 Å². The van der Waals surface area contributed by atoms with E-state index in [9.17, 15) is 10.1 Å². The summed E-state index contributed by atoms with van der Waals surface area (Å²) >= 11 is 0. The van der Waals surface area contributed by atoms with Gasteiger partial charge >= 0.3 is 0 Å². The summed E-state index contributed by atoms with van der Waals surface area (Å²) in [5.41, 5.74) is 4.18. The molecule has 0 bridgehead atoms. The topological polar surface area (TPSA) is 62.6 Å². The number of nitriles is 1. The molecule has 0 aliphatic carbocycles. The van der Waals surface area contributed by atoms with E-state index in [1.165, 1.54) is 0 Å². The summed E-state index contributed by atoms with van der Waals surface area (Å²) in [6.07, 6.45) is 1.63. The molecule has 0 unspecified atom stereocenters. The van der Waals surface area contributed by atoms with Crippen LogP contribution in [-0.4, -0.2) is 27.1 Å². The minimum absolute atomic E-state index is 0.0515. The number of carbonyl (C=O) groups excluding carboxylic acids is 1. The van der Waals surface area contributed by atoms with Gasteiger partial charge in [-0.25, -0.2) is 0 Å². The van der Waals surface area contributed by atoms with Crippen LogP contribution < -0.4 is 14.4 Å². The standard InChI is InChI=1S/C21H20N2O3/c1-25-19-12-15-9-11-23(17-6-4-3-5-7-17)21(16(14-24)8-10-22)18(15)13-20(19)26-2/h3-7,12-14H,8-9,11H2,1-2H3/b21-16-. The van der Waals surface area contributed by atoms with E-state index in [1.54, 1.807) is 14.2 Å². The van der Waals surface area contributed by atoms with E-state index in [0.717, 1.165) is 35.2 Å². The first-order valence-electron chi connectivity index (χ1n) is 8.36. The Kier molecular flexibility index (Phi) is 5.23. The lowest BCUT2D eigenvalue weighted by Crippen LogP contribution is -2.30. The summed E-state index contributed by atoms with van der Waals surface area (Å²) in [5, 5.41) is 9.18. The van der Waals surface area contributed by atoms with Crippen LogP contribution in [0.15, 0.2) is 48.0 Å². The van der Waals surface area contributed by atoms with Gasteiger partial charge in [-0.05, 0) is 36.2 Å². The maximum absolute atomic E-state index is 11.8. The number of nitrogens with zero attached hydrogens (tertiary/aromatic N) is 2. The van der Waals surface area contributed by atoms with Gasteiger partial charge in [0.15, 0.2) is 11.5 Å². The fourth-order valence-electron chi connectivity index (χ4n) is 3.32. The van der Waals surface area contributed by atoms with Crippen LogP contribution in [0.3, 0.4) is 0 Å². The molecule has 1 aliphatic heterocycles. The maximum Gasteiger partial charge on any atom is 0.161 e. The quantitative estimate of drug-likeness (QED) is 0.610. The van der Waals surface area contributed by atoms with Gasteiger partial charge in [-0.1, -0.05) is 18.2 Å². The summed E-state index contributed by atoms with van der Waals surface area (Å²) in [7, 11) is 3.19.